The Hall–Kier alpha value is -2.96. The fourth-order valence-electron chi connectivity index (χ4n) is 8.13. The third-order valence-electron chi connectivity index (χ3n) is 12.8. The second-order valence-corrected chi connectivity index (χ2v) is 19.9. The van der Waals surface area contributed by atoms with Gasteiger partial charge < -0.3 is 34.0 Å². The number of rotatable bonds is 42. The minimum Gasteiger partial charge on any atom is -0.480 e. The fourth-order valence-corrected chi connectivity index (χ4v) is 8.91. The molecule has 0 aliphatic carbocycles. The molecule has 0 aromatic carbocycles. The van der Waals surface area contributed by atoms with Crippen LogP contribution in [0.4, 0.5) is 0 Å². The van der Waals surface area contributed by atoms with Gasteiger partial charge in [-0.2, -0.15) is 0 Å². The molecule has 0 aliphatic heterocycles. The fraction of sp³-hybridized carbons (Fsp3) is 0.788. The Labute approximate surface area is 398 Å². The molecule has 2 aromatic heterocycles. The van der Waals surface area contributed by atoms with Crippen molar-refractivity contribution in [2.75, 3.05) is 19.8 Å². The van der Waals surface area contributed by atoms with Crippen LogP contribution < -0.4 is 5.73 Å². The SMILES string of the molecule is CCCCCc1oc(CCCCCCCCCCCCC(=O)OCC(COP(=O)(O)OCC(N)C(=O)O)OC(=O)CCCCCCCCCCc2oc(CCCCC)c(C)c2C)c(C)c1C. The molecule has 2 aromatic rings. The van der Waals surface area contributed by atoms with Crippen molar-refractivity contribution in [3.8, 4) is 0 Å². The van der Waals surface area contributed by atoms with Crippen LogP contribution in [0, 0.1) is 27.7 Å². The maximum absolute atomic E-state index is 12.8. The van der Waals surface area contributed by atoms with Crippen LogP contribution in [0.5, 0.6) is 0 Å². The van der Waals surface area contributed by atoms with E-state index in [2.05, 4.69) is 41.5 Å². The highest BCUT2D eigenvalue weighted by Gasteiger charge is 2.28. The van der Waals surface area contributed by atoms with Crippen LogP contribution >= 0.6 is 7.82 Å². The van der Waals surface area contributed by atoms with Crippen LogP contribution in [-0.2, 0) is 63.2 Å². The Kier molecular flexibility index (Phi) is 31.6. The number of phosphoric acid groups is 1. The molecule has 2 heterocycles. The standard InChI is InChI=1S/C52H90NO12P/c1-7-9-25-31-46-40(3)42(5)48(64-46)33-27-21-17-13-11-12-14-19-23-29-35-50(54)60-37-44(38-61-66(58,59)62-39-45(53)52(56)57)63-51(55)36-30-24-20-16-15-18-22-28-34-49-43(6)41(4)47(65-49)32-26-10-8-2/h44-45H,7-39,53H2,1-6H3,(H,56,57)(H,58,59). The van der Waals surface area contributed by atoms with E-state index in [4.69, 9.17) is 38.2 Å². The molecule has 13 nitrogen and oxygen atoms in total. The largest absolute Gasteiger partial charge is 0.480 e. The first-order chi connectivity index (χ1) is 31.7. The van der Waals surface area contributed by atoms with Gasteiger partial charge in [0.1, 0.15) is 35.7 Å². The number of aliphatic carboxylic acids is 1. The average molecular weight is 952 g/mol. The number of furan rings is 2. The third-order valence-corrected chi connectivity index (χ3v) is 13.7. The molecule has 4 N–H and O–H groups in total. The number of hydrogen-bond donors (Lipinski definition) is 3. The number of carboxylic acid groups (broad SMARTS) is 1. The second kappa shape index (κ2) is 35.2. The van der Waals surface area contributed by atoms with Gasteiger partial charge in [-0.1, -0.05) is 129 Å². The monoisotopic (exact) mass is 952 g/mol. The van der Waals surface area contributed by atoms with Crippen LogP contribution in [0.2, 0.25) is 0 Å². The molecule has 3 unspecified atom stereocenters. The molecule has 3 atom stereocenters. The Morgan fingerprint density at radius 3 is 1.23 bits per heavy atom. The van der Waals surface area contributed by atoms with E-state index in [1.54, 1.807) is 0 Å². The van der Waals surface area contributed by atoms with E-state index in [0.717, 1.165) is 108 Å². The number of aryl methyl sites for hydroxylation is 4. The van der Waals surface area contributed by atoms with E-state index in [0.29, 0.717) is 12.8 Å². The predicted molar refractivity (Wildman–Crippen MR) is 261 cm³/mol. The zero-order valence-electron chi connectivity index (χ0n) is 42.0. The molecule has 0 aliphatic rings. The molecular formula is C52H90NO12P. The van der Waals surface area contributed by atoms with Gasteiger partial charge in [-0.25, -0.2) is 4.57 Å². The highest BCUT2D eigenvalue weighted by atomic mass is 31.2. The van der Waals surface area contributed by atoms with E-state index >= 15 is 0 Å². The quantitative estimate of drug-likeness (QED) is 0.0323. The third kappa shape index (κ3) is 26.0. The number of nitrogens with two attached hydrogens (primary N) is 1. The minimum atomic E-state index is -4.74. The minimum absolute atomic E-state index is 0.138. The first kappa shape index (κ1) is 59.2. The van der Waals surface area contributed by atoms with Gasteiger partial charge in [-0.15, -0.1) is 0 Å². The molecule has 14 heteroatoms. The van der Waals surface area contributed by atoms with Gasteiger partial charge in [-0.05, 0) is 88.5 Å². The van der Waals surface area contributed by atoms with Gasteiger partial charge in [0.2, 0.25) is 0 Å². The van der Waals surface area contributed by atoms with Crippen molar-refractivity contribution in [2.24, 2.45) is 5.73 Å². The molecule has 380 valence electrons. The van der Waals surface area contributed by atoms with Crippen molar-refractivity contribution < 1.29 is 56.3 Å². The van der Waals surface area contributed by atoms with Crippen LogP contribution in [0.25, 0.3) is 0 Å². The summed E-state index contributed by atoms with van der Waals surface area (Å²) in [4.78, 5) is 46.4. The topological polar surface area (TPSA) is 198 Å². The summed E-state index contributed by atoms with van der Waals surface area (Å²) in [5, 5.41) is 8.95. The second-order valence-electron chi connectivity index (χ2n) is 18.5. The number of ether oxygens (including phenoxy) is 2. The zero-order chi connectivity index (χ0) is 48.6. The van der Waals surface area contributed by atoms with Crippen molar-refractivity contribution in [3.05, 3.63) is 45.3 Å². The summed E-state index contributed by atoms with van der Waals surface area (Å²) >= 11 is 0. The summed E-state index contributed by atoms with van der Waals surface area (Å²) in [5.41, 5.74) is 10.6. The maximum Gasteiger partial charge on any atom is 0.472 e. The molecule has 0 fully saturated rings. The number of hydrogen-bond acceptors (Lipinski definition) is 11. The van der Waals surface area contributed by atoms with Gasteiger partial charge in [0.15, 0.2) is 6.10 Å². The Morgan fingerprint density at radius 2 is 0.848 bits per heavy atom. The predicted octanol–water partition coefficient (Wildman–Crippen LogP) is 13.2. The van der Waals surface area contributed by atoms with Gasteiger partial charge in [0.05, 0.1) is 13.2 Å². The van der Waals surface area contributed by atoms with Crippen molar-refractivity contribution in [3.63, 3.8) is 0 Å². The summed E-state index contributed by atoms with van der Waals surface area (Å²) in [6.45, 7) is 11.4. The van der Waals surface area contributed by atoms with Crippen molar-refractivity contribution >= 4 is 25.7 Å². The van der Waals surface area contributed by atoms with Crippen LogP contribution in [-0.4, -0.2) is 59.9 Å². The molecule has 0 spiro atoms. The molecule has 0 saturated heterocycles. The first-order valence-corrected chi connectivity index (χ1v) is 27.3. The van der Waals surface area contributed by atoms with E-state index in [1.165, 1.54) is 104 Å². The smallest absolute Gasteiger partial charge is 0.472 e. The summed E-state index contributed by atoms with van der Waals surface area (Å²) in [5.74, 6) is 2.23. The lowest BCUT2D eigenvalue weighted by Gasteiger charge is -2.20. The van der Waals surface area contributed by atoms with Gasteiger partial charge in [0.25, 0.3) is 0 Å². The lowest BCUT2D eigenvalue weighted by Crippen LogP contribution is -2.34. The first-order valence-electron chi connectivity index (χ1n) is 25.8. The van der Waals surface area contributed by atoms with Gasteiger partial charge in [-0.3, -0.25) is 23.4 Å². The Balaban J connectivity index is 1.61. The van der Waals surface area contributed by atoms with E-state index < -0.39 is 51.1 Å². The zero-order valence-corrected chi connectivity index (χ0v) is 42.9. The van der Waals surface area contributed by atoms with Gasteiger partial charge in [0, 0.05) is 38.5 Å². The Bertz CT molecular complexity index is 1680. The molecule has 2 rings (SSSR count). The van der Waals surface area contributed by atoms with Crippen molar-refractivity contribution in [1.29, 1.82) is 0 Å². The van der Waals surface area contributed by atoms with E-state index in [1.807, 2.05) is 0 Å². The molecule has 0 saturated carbocycles. The van der Waals surface area contributed by atoms with Crippen LogP contribution in [0.15, 0.2) is 8.83 Å². The highest BCUT2D eigenvalue weighted by molar-refractivity contribution is 7.47. The number of phosphoric ester groups is 1. The van der Waals surface area contributed by atoms with Gasteiger partial charge >= 0.3 is 25.7 Å². The van der Waals surface area contributed by atoms with Crippen LogP contribution in [0.3, 0.4) is 0 Å². The normalized spacial score (nSPS) is 13.5. The van der Waals surface area contributed by atoms with Crippen molar-refractivity contribution in [1.82, 2.24) is 0 Å². The number of esters is 2. The lowest BCUT2D eigenvalue weighted by molar-refractivity contribution is -0.161. The number of carbonyl (C=O) groups is 3. The summed E-state index contributed by atoms with van der Waals surface area (Å²) in [7, 11) is -4.74. The summed E-state index contributed by atoms with van der Waals surface area (Å²) < 4.78 is 45.4. The molecular weight excluding hydrogens is 862 g/mol. The number of carboxylic acids is 1. The highest BCUT2D eigenvalue weighted by Crippen LogP contribution is 2.43. The molecule has 0 bridgehead atoms. The van der Waals surface area contributed by atoms with E-state index in [9.17, 15) is 23.8 Å². The average Bonchev–Trinajstić information content (AvgIpc) is 3.71. The lowest BCUT2D eigenvalue weighted by atomic mass is 10.0. The van der Waals surface area contributed by atoms with E-state index in [-0.39, 0.29) is 19.4 Å². The molecule has 0 amide bonds. The number of unbranched alkanes of at least 4 members (excludes halogenated alkanes) is 20. The maximum atomic E-state index is 12.8. The molecule has 66 heavy (non-hydrogen) atoms. The van der Waals surface area contributed by atoms with Crippen molar-refractivity contribution in [2.45, 2.75) is 246 Å². The summed E-state index contributed by atoms with van der Waals surface area (Å²) in [6.07, 6.45) is 29.5. The Morgan fingerprint density at radius 1 is 0.515 bits per heavy atom. The van der Waals surface area contributed by atoms with Crippen LogP contribution in [0.1, 0.15) is 226 Å². The number of carbonyl (C=O) groups excluding carboxylic acids is 2. The summed E-state index contributed by atoms with van der Waals surface area (Å²) in [6, 6.07) is -1.53. The molecule has 0 radical (unpaired) electrons.